The van der Waals surface area contributed by atoms with E-state index in [1.807, 2.05) is 31.2 Å². The Labute approximate surface area is 109 Å². The number of Topliss-reactive ketones (excluding diaryl/α,β-unsaturated/α-hetero) is 1. The monoisotopic (exact) mass is 246 g/mol. The molecule has 1 aromatic rings. The van der Waals surface area contributed by atoms with E-state index in [1.165, 1.54) is 5.56 Å². The molecule has 0 atom stereocenters. The summed E-state index contributed by atoms with van der Waals surface area (Å²) in [7, 11) is 2.06. The summed E-state index contributed by atoms with van der Waals surface area (Å²) in [5.41, 5.74) is 2.01. The number of hydrogen-bond donors (Lipinski definition) is 1. The number of nitrogens with one attached hydrogen (secondary N) is 1. The van der Waals surface area contributed by atoms with Crippen molar-refractivity contribution in [2.24, 2.45) is 0 Å². The lowest BCUT2D eigenvalue weighted by molar-refractivity contribution is 0.0903. The van der Waals surface area contributed by atoms with Gasteiger partial charge in [0.05, 0.1) is 6.54 Å². The number of likely N-dealkylation sites (N-methyl/N-ethyl adjacent to an activating group) is 1. The molecule has 0 amide bonds. The molecule has 0 radical (unpaired) electrons. The van der Waals surface area contributed by atoms with Crippen molar-refractivity contribution in [1.82, 2.24) is 10.2 Å². The topological polar surface area (TPSA) is 32.3 Å². The van der Waals surface area contributed by atoms with Gasteiger partial charge in [0.1, 0.15) is 0 Å². The first-order valence-electron chi connectivity index (χ1n) is 6.67. The standard InChI is InChI=1S/C15H22N2O/c1-12-3-5-13(6-4-12)15(18)11-17(2)14-7-9-16-10-8-14/h3-6,14,16H,7-11H2,1-2H3. The fraction of sp³-hybridized carbons (Fsp3) is 0.533. The molecule has 0 unspecified atom stereocenters. The maximum Gasteiger partial charge on any atom is 0.176 e. The Bertz CT molecular complexity index is 393. The van der Waals surface area contributed by atoms with Crippen molar-refractivity contribution in [2.75, 3.05) is 26.7 Å². The number of benzene rings is 1. The highest BCUT2D eigenvalue weighted by Gasteiger charge is 2.19. The van der Waals surface area contributed by atoms with Gasteiger partial charge >= 0.3 is 0 Å². The maximum absolute atomic E-state index is 12.2. The van der Waals surface area contributed by atoms with Gasteiger partial charge in [-0.15, -0.1) is 0 Å². The summed E-state index contributed by atoms with van der Waals surface area (Å²) >= 11 is 0. The van der Waals surface area contributed by atoms with Crippen LogP contribution in [-0.2, 0) is 0 Å². The van der Waals surface area contributed by atoms with Gasteiger partial charge in [-0.25, -0.2) is 0 Å². The Kier molecular flexibility index (Phi) is 4.50. The zero-order valence-corrected chi connectivity index (χ0v) is 11.3. The minimum absolute atomic E-state index is 0.219. The van der Waals surface area contributed by atoms with Crippen LogP contribution in [-0.4, -0.2) is 43.4 Å². The van der Waals surface area contributed by atoms with Gasteiger partial charge in [-0.3, -0.25) is 9.69 Å². The van der Waals surface area contributed by atoms with Crippen molar-refractivity contribution in [2.45, 2.75) is 25.8 Å². The number of piperidine rings is 1. The van der Waals surface area contributed by atoms with E-state index in [-0.39, 0.29) is 5.78 Å². The molecule has 1 heterocycles. The van der Waals surface area contributed by atoms with Crippen LogP contribution in [0.2, 0.25) is 0 Å². The molecular formula is C15H22N2O. The quantitative estimate of drug-likeness (QED) is 0.823. The van der Waals surface area contributed by atoms with Gasteiger partial charge in [-0.05, 0) is 39.9 Å². The largest absolute Gasteiger partial charge is 0.317 e. The lowest BCUT2D eigenvalue weighted by atomic mass is 10.0. The fourth-order valence-electron chi connectivity index (χ4n) is 2.43. The summed E-state index contributed by atoms with van der Waals surface area (Å²) in [6.45, 7) is 4.69. The van der Waals surface area contributed by atoms with Crippen molar-refractivity contribution in [3.05, 3.63) is 35.4 Å². The summed E-state index contributed by atoms with van der Waals surface area (Å²) in [5.74, 6) is 0.219. The Morgan fingerprint density at radius 2 is 1.89 bits per heavy atom. The smallest absolute Gasteiger partial charge is 0.176 e. The Morgan fingerprint density at radius 3 is 2.50 bits per heavy atom. The molecule has 1 fully saturated rings. The number of hydrogen-bond acceptors (Lipinski definition) is 3. The first-order chi connectivity index (χ1) is 8.66. The molecule has 0 saturated carbocycles. The first-order valence-corrected chi connectivity index (χ1v) is 6.67. The van der Waals surface area contributed by atoms with Crippen molar-refractivity contribution < 1.29 is 4.79 Å². The normalized spacial score (nSPS) is 17.1. The van der Waals surface area contributed by atoms with Gasteiger partial charge in [-0.1, -0.05) is 29.8 Å². The van der Waals surface area contributed by atoms with Crippen molar-refractivity contribution in [3.63, 3.8) is 0 Å². The SMILES string of the molecule is Cc1ccc(C(=O)CN(C)C2CCNCC2)cc1. The summed E-state index contributed by atoms with van der Waals surface area (Å²) in [6.07, 6.45) is 2.27. The lowest BCUT2D eigenvalue weighted by Gasteiger charge is -2.31. The van der Waals surface area contributed by atoms with Crippen LogP contribution in [0.4, 0.5) is 0 Å². The zero-order chi connectivity index (χ0) is 13.0. The minimum Gasteiger partial charge on any atom is -0.317 e. The molecule has 2 rings (SSSR count). The second-order valence-electron chi connectivity index (χ2n) is 5.19. The van der Waals surface area contributed by atoms with E-state index in [9.17, 15) is 4.79 Å². The van der Waals surface area contributed by atoms with E-state index < -0.39 is 0 Å². The highest BCUT2D eigenvalue weighted by molar-refractivity contribution is 5.97. The second kappa shape index (κ2) is 6.12. The molecule has 18 heavy (non-hydrogen) atoms. The van der Waals surface area contributed by atoms with Gasteiger partial charge in [-0.2, -0.15) is 0 Å². The molecule has 1 aromatic carbocycles. The van der Waals surface area contributed by atoms with E-state index >= 15 is 0 Å². The summed E-state index contributed by atoms with van der Waals surface area (Å²) in [5, 5.41) is 3.35. The maximum atomic E-state index is 12.2. The van der Waals surface area contributed by atoms with E-state index in [4.69, 9.17) is 0 Å². The van der Waals surface area contributed by atoms with E-state index in [1.54, 1.807) is 0 Å². The van der Waals surface area contributed by atoms with Gasteiger partial charge < -0.3 is 5.32 Å². The van der Waals surface area contributed by atoms with Crippen LogP contribution in [0.5, 0.6) is 0 Å². The fourth-order valence-corrected chi connectivity index (χ4v) is 2.43. The van der Waals surface area contributed by atoms with Crippen molar-refractivity contribution >= 4 is 5.78 Å². The summed E-state index contributed by atoms with van der Waals surface area (Å²) in [4.78, 5) is 14.3. The van der Waals surface area contributed by atoms with Crippen LogP contribution in [0.1, 0.15) is 28.8 Å². The van der Waals surface area contributed by atoms with Crippen LogP contribution in [0, 0.1) is 6.92 Å². The molecule has 0 aliphatic carbocycles. The average Bonchev–Trinajstić information content (AvgIpc) is 2.40. The Morgan fingerprint density at radius 1 is 1.28 bits per heavy atom. The summed E-state index contributed by atoms with van der Waals surface area (Å²) in [6, 6.07) is 8.39. The molecule has 0 bridgehead atoms. The third-order valence-electron chi connectivity index (χ3n) is 3.70. The highest BCUT2D eigenvalue weighted by Crippen LogP contribution is 2.11. The van der Waals surface area contributed by atoms with Gasteiger partial charge in [0.2, 0.25) is 0 Å². The van der Waals surface area contributed by atoms with Crippen LogP contribution in [0.15, 0.2) is 24.3 Å². The number of rotatable bonds is 4. The molecule has 0 spiro atoms. The molecule has 3 nitrogen and oxygen atoms in total. The number of carbonyl (C=O) groups is 1. The minimum atomic E-state index is 0.219. The Balaban J connectivity index is 1.91. The molecule has 1 aliphatic heterocycles. The third kappa shape index (κ3) is 3.40. The molecule has 0 aromatic heterocycles. The Hall–Kier alpha value is -1.19. The molecule has 3 heteroatoms. The summed E-state index contributed by atoms with van der Waals surface area (Å²) < 4.78 is 0. The van der Waals surface area contributed by atoms with Crippen molar-refractivity contribution in [1.29, 1.82) is 0 Å². The zero-order valence-electron chi connectivity index (χ0n) is 11.3. The molecular weight excluding hydrogens is 224 g/mol. The van der Waals surface area contributed by atoms with Crippen LogP contribution >= 0.6 is 0 Å². The first kappa shape index (κ1) is 13.2. The van der Waals surface area contributed by atoms with Gasteiger partial charge in [0.15, 0.2) is 5.78 Å². The van der Waals surface area contributed by atoms with Crippen molar-refractivity contribution in [3.8, 4) is 0 Å². The van der Waals surface area contributed by atoms with E-state index in [0.717, 1.165) is 31.5 Å². The number of carbonyl (C=O) groups excluding carboxylic acids is 1. The predicted molar refractivity (Wildman–Crippen MR) is 74.0 cm³/mol. The highest BCUT2D eigenvalue weighted by atomic mass is 16.1. The number of aryl methyl sites for hydroxylation is 1. The molecule has 98 valence electrons. The molecule has 1 N–H and O–H groups in total. The number of nitrogens with zero attached hydrogens (tertiary/aromatic N) is 1. The average molecular weight is 246 g/mol. The molecule has 1 saturated heterocycles. The number of ketones is 1. The van der Waals surface area contributed by atoms with Gasteiger partial charge in [0.25, 0.3) is 0 Å². The van der Waals surface area contributed by atoms with Gasteiger partial charge in [0, 0.05) is 11.6 Å². The second-order valence-corrected chi connectivity index (χ2v) is 5.19. The van der Waals surface area contributed by atoms with E-state index in [2.05, 4.69) is 17.3 Å². The van der Waals surface area contributed by atoms with Crippen LogP contribution in [0.3, 0.4) is 0 Å². The van der Waals surface area contributed by atoms with Crippen LogP contribution < -0.4 is 5.32 Å². The van der Waals surface area contributed by atoms with E-state index in [0.29, 0.717) is 12.6 Å². The third-order valence-corrected chi connectivity index (χ3v) is 3.70. The lowest BCUT2D eigenvalue weighted by Crippen LogP contribution is -2.43. The molecule has 1 aliphatic rings. The van der Waals surface area contributed by atoms with Crippen LogP contribution in [0.25, 0.3) is 0 Å². The predicted octanol–water partition coefficient (Wildman–Crippen LogP) is 1.86.